The van der Waals surface area contributed by atoms with Gasteiger partial charge in [0.2, 0.25) is 0 Å². The van der Waals surface area contributed by atoms with Crippen molar-refractivity contribution in [2.45, 2.75) is 25.6 Å². The van der Waals surface area contributed by atoms with Gasteiger partial charge in [0.1, 0.15) is 0 Å². The van der Waals surface area contributed by atoms with Crippen LogP contribution in [0.25, 0.3) is 10.1 Å². The number of ether oxygens (including phenoxy) is 1. The molecule has 0 bridgehead atoms. The predicted octanol–water partition coefficient (Wildman–Crippen LogP) is 2.84. The highest BCUT2D eigenvalue weighted by Crippen LogP contribution is 2.27. The topological polar surface area (TPSA) is 29.5 Å². The van der Waals surface area contributed by atoms with Gasteiger partial charge in [-0.05, 0) is 29.3 Å². The maximum Gasteiger partial charge on any atom is 0.0839 e. The third-order valence-corrected chi connectivity index (χ3v) is 3.92. The summed E-state index contributed by atoms with van der Waals surface area (Å²) >= 11 is 1.72. The van der Waals surface area contributed by atoms with Crippen molar-refractivity contribution in [1.29, 1.82) is 0 Å². The Morgan fingerprint density at radius 3 is 2.88 bits per heavy atom. The fourth-order valence-corrected chi connectivity index (χ4v) is 2.71. The second-order valence-corrected chi connectivity index (χ2v) is 4.88. The molecule has 0 saturated heterocycles. The number of rotatable bonds is 4. The Morgan fingerprint density at radius 1 is 1.38 bits per heavy atom. The molecular weight excluding hydrogens is 220 g/mol. The van der Waals surface area contributed by atoms with Gasteiger partial charge in [0.15, 0.2) is 0 Å². The Hall–Kier alpha value is -0.900. The zero-order valence-electron chi connectivity index (χ0n) is 9.51. The van der Waals surface area contributed by atoms with Crippen molar-refractivity contribution in [3.63, 3.8) is 0 Å². The van der Waals surface area contributed by atoms with Crippen LogP contribution < -0.4 is 0 Å². The van der Waals surface area contributed by atoms with E-state index in [2.05, 4.69) is 17.5 Å². The summed E-state index contributed by atoms with van der Waals surface area (Å²) in [5.41, 5.74) is 1.21. The average molecular weight is 236 g/mol. The lowest BCUT2D eigenvalue weighted by Crippen LogP contribution is -2.26. The molecule has 2 rings (SSSR count). The maximum absolute atomic E-state index is 9.93. The van der Waals surface area contributed by atoms with Gasteiger partial charge in [0.05, 0.1) is 12.2 Å². The fraction of sp³-hybridized carbons (Fsp3) is 0.385. The molecule has 0 saturated carbocycles. The van der Waals surface area contributed by atoms with E-state index in [-0.39, 0.29) is 6.10 Å². The molecule has 1 N–H and O–H groups in total. The molecule has 3 heteroatoms. The highest BCUT2D eigenvalue weighted by atomic mass is 32.1. The lowest BCUT2D eigenvalue weighted by atomic mass is 10.0. The highest BCUT2D eigenvalue weighted by molar-refractivity contribution is 7.17. The number of hydrogen-bond acceptors (Lipinski definition) is 3. The summed E-state index contributed by atoms with van der Waals surface area (Å²) in [6.45, 7) is 1.89. The zero-order valence-corrected chi connectivity index (χ0v) is 10.3. The molecule has 2 nitrogen and oxygen atoms in total. The van der Waals surface area contributed by atoms with Gasteiger partial charge in [-0.3, -0.25) is 0 Å². The molecule has 0 aliphatic carbocycles. The first-order valence-corrected chi connectivity index (χ1v) is 6.26. The summed E-state index contributed by atoms with van der Waals surface area (Å²) in [6.07, 6.45) is 0.0839. The van der Waals surface area contributed by atoms with Crippen LogP contribution in [-0.4, -0.2) is 24.4 Å². The van der Waals surface area contributed by atoms with E-state index >= 15 is 0 Å². The lowest BCUT2D eigenvalue weighted by molar-refractivity contribution is 0.000597. The molecule has 0 aliphatic heterocycles. The fourth-order valence-electron chi connectivity index (χ4n) is 1.74. The standard InChI is InChI=1S/C13H16O2S/c1-9(15-2)12(14)7-10-8-16-13-6-4-3-5-11(10)13/h3-6,8-9,12,14H,7H2,1-2H3. The second kappa shape index (κ2) is 4.95. The Labute approximate surface area is 99.5 Å². The molecule has 1 heterocycles. The van der Waals surface area contributed by atoms with Crippen molar-refractivity contribution in [2.24, 2.45) is 0 Å². The van der Waals surface area contributed by atoms with Crippen molar-refractivity contribution in [2.75, 3.05) is 7.11 Å². The SMILES string of the molecule is COC(C)C(O)Cc1csc2ccccc12. The monoisotopic (exact) mass is 236 g/mol. The summed E-state index contributed by atoms with van der Waals surface area (Å²) in [4.78, 5) is 0. The van der Waals surface area contributed by atoms with Gasteiger partial charge in [-0.25, -0.2) is 0 Å². The number of methoxy groups -OCH3 is 1. The smallest absolute Gasteiger partial charge is 0.0839 e. The number of benzene rings is 1. The molecule has 0 spiro atoms. The summed E-state index contributed by atoms with van der Waals surface area (Å²) in [5.74, 6) is 0. The van der Waals surface area contributed by atoms with E-state index in [1.165, 1.54) is 15.6 Å². The van der Waals surface area contributed by atoms with Crippen molar-refractivity contribution in [3.05, 3.63) is 35.2 Å². The van der Waals surface area contributed by atoms with Crippen LogP contribution in [0.1, 0.15) is 12.5 Å². The molecule has 0 aliphatic rings. The first-order valence-electron chi connectivity index (χ1n) is 5.38. The summed E-state index contributed by atoms with van der Waals surface area (Å²) in [6, 6.07) is 8.28. The molecule has 2 atom stereocenters. The van der Waals surface area contributed by atoms with Crippen molar-refractivity contribution >= 4 is 21.4 Å². The van der Waals surface area contributed by atoms with Crippen LogP contribution in [0.15, 0.2) is 29.6 Å². The number of aliphatic hydroxyl groups excluding tert-OH is 1. The third kappa shape index (κ3) is 2.26. The van der Waals surface area contributed by atoms with Crippen LogP contribution in [0, 0.1) is 0 Å². The van der Waals surface area contributed by atoms with Gasteiger partial charge in [-0.1, -0.05) is 18.2 Å². The minimum atomic E-state index is -0.442. The van der Waals surface area contributed by atoms with Gasteiger partial charge in [0, 0.05) is 18.2 Å². The summed E-state index contributed by atoms with van der Waals surface area (Å²) in [7, 11) is 1.62. The molecule has 86 valence electrons. The zero-order chi connectivity index (χ0) is 11.5. The number of aliphatic hydroxyl groups is 1. The Bertz CT molecular complexity index is 464. The van der Waals surface area contributed by atoms with Crippen LogP contribution in [0.3, 0.4) is 0 Å². The van der Waals surface area contributed by atoms with Crippen molar-refractivity contribution < 1.29 is 9.84 Å². The molecule has 0 fully saturated rings. The minimum absolute atomic E-state index is 0.126. The summed E-state index contributed by atoms with van der Waals surface area (Å²) in [5, 5.41) is 13.3. The van der Waals surface area contributed by atoms with Crippen LogP contribution >= 0.6 is 11.3 Å². The molecule has 1 aromatic heterocycles. The van der Waals surface area contributed by atoms with E-state index in [1.54, 1.807) is 18.4 Å². The Kier molecular flexibility index (Phi) is 3.59. The molecule has 0 amide bonds. The van der Waals surface area contributed by atoms with Crippen molar-refractivity contribution in [3.8, 4) is 0 Å². The van der Waals surface area contributed by atoms with Gasteiger partial charge in [-0.15, -0.1) is 11.3 Å². The quantitative estimate of drug-likeness (QED) is 0.884. The Balaban J connectivity index is 2.21. The van der Waals surface area contributed by atoms with E-state index < -0.39 is 6.10 Å². The van der Waals surface area contributed by atoms with Gasteiger partial charge >= 0.3 is 0 Å². The van der Waals surface area contributed by atoms with Gasteiger partial charge in [-0.2, -0.15) is 0 Å². The number of thiophene rings is 1. The lowest BCUT2D eigenvalue weighted by Gasteiger charge is -2.16. The van der Waals surface area contributed by atoms with E-state index in [0.29, 0.717) is 6.42 Å². The normalized spacial score (nSPS) is 15.2. The number of fused-ring (bicyclic) bond motifs is 1. The van der Waals surface area contributed by atoms with Crippen LogP contribution in [0.2, 0.25) is 0 Å². The van der Waals surface area contributed by atoms with Crippen LogP contribution in [-0.2, 0) is 11.2 Å². The first kappa shape index (κ1) is 11.6. The molecule has 16 heavy (non-hydrogen) atoms. The molecule has 0 radical (unpaired) electrons. The first-order chi connectivity index (χ1) is 7.72. The second-order valence-electron chi connectivity index (χ2n) is 3.97. The molecule has 2 aromatic rings. The predicted molar refractivity (Wildman–Crippen MR) is 68.0 cm³/mol. The average Bonchev–Trinajstić information content (AvgIpc) is 2.72. The van der Waals surface area contributed by atoms with Crippen LogP contribution in [0.5, 0.6) is 0 Å². The van der Waals surface area contributed by atoms with Crippen molar-refractivity contribution in [1.82, 2.24) is 0 Å². The molecule has 2 unspecified atom stereocenters. The van der Waals surface area contributed by atoms with E-state index in [9.17, 15) is 5.11 Å². The minimum Gasteiger partial charge on any atom is -0.390 e. The van der Waals surface area contributed by atoms with E-state index in [1.807, 2.05) is 19.1 Å². The summed E-state index contributed by atoms with van der Waals surface area (Å²) < 4.78 is 6.40. The largest absolute Gasteiger partial charge is 0.390 e. The highest BCUT2D eigenvalue weighted by Gasteiger charge is 2.15. The van der Waals surface area contributed by atoms with E-state index in [0.717, 1.165) is 0 Å². The molecule has 1 aromatic carbocycles. The van der Waals surface area contributed by atoms with Gasteiger partial charge in [0.25, 0.3) is 0 Å². The van der Waals surface area contributed by atoms with Gasteiger partial charge < -0.3 is 9.84 Å². The van der Waals surface area contributed by atoms with E-state index in [4.69, 9.17) is 4.74 Å². The number of hydrogen-bond donors (Lipinski definition) is 1. The van der Waals surface area contributed by atoms with Crippen LogP contribution in [0.4, 0.5) is 0 Å². The third-order valence-electron chi connectivity index (χ3n) is 2.90. The maximum atomic E-state index is 9.93. The molecular formula is C13H16O2S. The Morgan fingerprint density at radius 2 is 2.12 bits per heavy atom.